The molecular weight excluding hydrogens is 466 g/mol. The first-order valence-corrected chi connectivity index (χ1v) is 12.6. The molecule has 2 amide bonds. The fraction of sp³-hybridized carbons (Fsp3) is 0.391. The van der Waals surface area contributed by atoms with Crippen LogP contribution in [0.5, 0.6) is 0 Å². The normalized spacial score (nSPS) is 16.3. The summed E-state index contributed by atoms with van der Waals surface area (Å²) >= 11 is 6.17. The molecule has 0 aromatic heterocycles. The molecule has 1 aliphatic heterocycles. The average molecular weight is 494 g/mol. The number of anilines is 2. The third-order valence-electron chi connectivity index (χ3n) is 5.36. The number of benzene rings is 2. The average Bonchev–Trinajstić information content (AvgIpc) is 3.17. The van der Waals surface area contributed by atoms with Crippen molar-refractivity contribution in [2.75, 3.05) is 36.5 Å². The highest BCUT2D eigenvalue weighted by Gasteiger charge is 2.35. The summed E-state index contributed by atoms with van der Waals surface area (Å²) in [4.78, 5) is 26.8. The van der Waals surface area contributed by atoms with Crippen LogP contribution in [0.4, 0.5) is 11.4 Å². The molecule has 10 heteroatoms. The Balaban J connectivity index is 1.57. The summed E-state index contributed by atoms with van der Waals surface area (Å²) in [6.07, 6.45) is 0.669. The molecule has 0 saturated carbocycles. The Bertz CT molecular complexity index is 1110. The molecule has 0 aliphatic carbocycles. The Morgan fingerprint density at radius 1 is 1.21 bits per heavy atom. The molecule has 1 heterocycles. The van der Waals surface area contributed by atoms with E-state index < -0.39 is 15.9 Å². The number of sulfonamides is 1. The van der Waals surface area contributed by atoms with Gasteiger partial charge in [0, 0.05) is 49.1 Å². The molecular formula is C23H28ClN3O5S. The number of aryl methyl sites for hydroxylation is 1. The van der Waals surface area contributed by atoms with Crippen molar-refractivity contribution < 1.29 is 22.7 Å². The molecule has 8 nitrogen and oxygen atoms in total. The zero-order valence-electron chi connectivity index (χ0n) is 18.6. The lowest BCUT2D eigenvalue weighted by atomic mass is 10.1. The second-order valence-corrected chi connectivity index (χ2v) is 9.97. The molecule has 0 radical (unpaired) electrons. The number of rotatable bonds is 10. The van der Waals surface area contributed by atoms with Gasteiger partial charge >= 0.3 is 0 Å². The topological polar surface area (TPSA) is 105 Å². The Labute approximate surface area is 199 Å². The summed E-state index contributed by atoms with van der Waals surface area (Å²) in [6.45, 7) is 5.37. The number of ether oxygens (including phenoxy) is 1. The Hall–Kier alpha value is -2.46. The van der Waals surface area contributed by atoms with Gasteiger partial charge in [-0.1, -0.05) is 17.7 Å². The van der Waals surface area contributed by atoms with E-state index in [9.17, 15) is 18.0 Å². The number of hydrogen-bond donors (Lipinski definition) is 2. The van der Waals surface area contributed by atoms with E-state index in [0.29, 0.717) is 36.0 Å². The zero-order chi connectivity index (χ0) is 24.0. The summed E-state index contributed by atoms with van der Waals surface area (Å²) in [5.74, 6) is -0.964. The summed E-state index contributed by atoms with van der Waals surface area (Å²) in [5, 5.41) is 3.33. The van der Waals surface area contributed by atoms with Crippen LogP contribution in [0.1, 0.15) is 25.3 Å². The number of hydrogen-bond acceptors (Lipinski definition) is 5. The smallest absolute Gasteiger partial charge is 0.240 e. The lowest BCUT2D eigenvalue weighted by molar-refractivity contribution is -0.122. The summed E-state index contributed by atoms with van der Waals surface area (Å²) < 4.78 is 32.5. The maximum Gasteiger partial charge on any atom is 0.240 e. The lowest BCUT2D eigenvalue weighted by Gasteiger charge is -2.17. The molecule has 2 aromatic carbocycles. The molecule has 33 heavy (non-hydrogen) atoms. The van der Waals surface area contributed by atoms with E-state index in [0.717, 1.165) is 5.56 Å². The third-order valence-corrected chi connectivity index (χ3v) is 7.24. The van der Waals surface area contributed by atoms with Gasteiger partial charge in [0.05, 0.1) is 10.8 Å². The van der Waals surface area contributed by atoms with E-state index in [2.05, 4.69) is 10.0 Å². The molecule has 1 atom stereocenters. The zero-order valence-corrected chi connectivity index (χ0v) is 20.2. The Morgan fingerprint density at radius 2 is 1.94 bits per heavy atom. The molecule has 2 N–H and O–H groups in total. The standard InChI is InChI=1S/C23H28ClN3O5S/c1-3-32-12-4-11-25-33(30,31)20-9-6-18(7-10-20)26-23(29)17-13-22(28)27(15-17)19-8-5-16(2)21(24)14-19/h5-10,14,17,25H,3-4,11-13,15H2,1-2H3,(H,26,29). The highest BCUT2D eigenvalue weighted by atomic mass is 35.5. The number of nitrogens with one attached hydrogen (secondary N) is 2. The molecule has 2 aromatic rings. The van der Waals surface area contributed by atoms with Crippen LogP contribution in [0.15, 0.2) is 47.4 Å². The van der Waals surface area contributed by atoms with Gasteiger partial charge < -0.3 is 15.0 Å². The van der Waals surface area contributed by atoms with Crippen LogP contribution in [0.2, 0.25) is 5.02 Å². The monoisotopic (exact) mass is 493 g/mol. The number of carbonyl (C=O) groups excluding carboxylic acids is 2. The van der Waals surface area contributed by atoms with E-state index >= 15 is 0 Å². The van der Waals surface area contributed by atoms with Crippen molar-refractivity contribution in [1.82, 2.24) is 4.72 Å². The predicted molar refractivity (Wildman–Crippen MR) is 128 cm³/mol. The number of nitrogens with zero attached hydrogens (tertiary/aromatic N) is 1. The largest absolute Gasteiger partial charge is 0.382 e. The first kappa shape index (κ1) is 25.2. The van der Waals surface area contributed by atoms with E-state index in [1.165, 1.54) is 24.3 Å². The van der Waals surface area contributed by atoms with E-state index in [4.69, 9.17) is 16.3 Å². The maximum atomic E-state index is 12.7. The van der Waals surface area contributed by atoms with Crippen molar-refractivity contribution in [3.8, 4) is 0 Å². The van der Waals surface area contributed by atoms with Gasteiger partial charge in [-0.15, -0.1) is 0 Å². The lowest BCUT2D eigenvalue weighted by Crippen LogP contribution is -2.28. The van der Waals surface area contributed by atoms with Gasteiger partial charge in [-0.2, -0.15) is 0 Å². The Kier molecular flexibility index (Phi) is 8.47. The van der Waals surface area contributed by atoms with Gasteiger partial charge in [0.15, 0.2) is 0 Å². The van der Waals surface area contributed by atoms with Gasteiger partial charge in [0.25, 0.3) is 0 Å². The predicted octanol–water partition coefficient (Wildman–Crippen LogP) is 3.34. The van der Waals surface area contributed by atoms with Crippen LogP contribution in [0, 0.1) is 12.8 Å². The number of halogens is 1. The van der Waals surface area contributed by atoms with Crippen LogP contribution >= 0.6 is 11.6 Å². The molecule has 178 valence electrons. The SMILES string of the molecule is CCOCCCNS(=O)(=O)c1ccc(NC(=O)C2CC(=O)N(c3ccc(C)c(Cl)c3)C2)cc1. The van der Waals surface area contributed by atoms with Crippen LogP contribution in [0.25, 0.3) is 0 Å². The van der Waals surface area contributed by atoms with Crippen LogP contribution < -0.4 is 14.9 Å². The van der Waals surface area contributed by atoms with Crippen LogP contribution in [0.3, 0.4) is 0 Å². The fourth-order valence-corrected chi connectivity index (χ4v) is 4.70. The molecule has 3 rings (SSSR count). The van der Waals surface area contributed by atoms with Gasteiger partial charge in [-0.05, 0) is 62.2 Å². The van der Waals surface area contributed by atoms with Gasteiger partial charge in [0.1, 0.15) is 0 Å². The second kappa shape index (κ2) is 11.1. The Morgan fingerprint density at radius 3 is 2.61 bits per heavy atom. The van der Waals surface area contributed by atoms with Crippen molar-refractivity contribution in [3.05, 3.63) is 53.1 Å². The highest BCUT2D eigenvalue weighted by Crippen LogP contribution is 2.29. The van der Waals surface area contributed by atoms with E-state index in [-0.39, 0.29) is 36.2 Å². The van der Waals surface area contributed by atoms with Crippen molar-refractivity contribution in [2.24, 2.45) is 5.92 Å². The fourth-order valence-electron chi connectivity index (χ4n) is 3.45. The van der Waals surface area contributed by atoms with Gasteiger partial charge in [-0.3, -0.25) is 9.59 Å². The quantitative estimate of drug-likeness (QED) is 0.494. The maximum absolute atomic E-state index is 12.7. The van der Waals surface area contributed by atoms with Crippen molar-refractivity contribution in [1.29, 1.82) is 0 Å². The first-order valence-electron chi connectivity index (χ1n) is 10.8. The van der Waals surface area contributed by atoms with Crippen molar-refractivity contribution in [2.45, 2.75) is 31.6 Å². The third kappa shape index (κ3) is 6.54. The minimum Gasteiger partial charge on any atom is -0.382 e. The first-order chi connectivity index (χ1) is 15.7. The molecule has 1 saturated heterocycles. The molecule has 1 unspecified atom stereocenters. The second-order valence-electron chi connectivity index (χ2n) is 7.80. The highest BCUT2D eigenvalue weighted by molar-refractivity contribution is 7.89. The summed E-state index contributed by atoms with van der Waals surface area (Å²) in [7, 11) is -3.64. The van der Waals surface area contributed by atoms with Gasteiger partial charge in [-0.25, -0.2) is 13.1 Å². The molecule has 0 spiro atoms. The van der Waals surface area contributed by atoms with E-state index in [1.807, 2.05) is 26.0 Å². The summed E-state index contributed by atoms with van der Waals surface area (Å²) in [6, 6.07) is 11.3. The van der Waals surface area contributed by atoms with Gasteiger partial charge in [0.2, 0.25) is 21.8 Å². The minimum absolute atomic E-state index is 0.0927. The van der Waals surface area contributed by atoms with Crippen LogP contribution in [-0.2, 0) is 24.3 Å². The minimum atomic E-state index is -3.64. The molecule has 1 fully saturated rings. The van der Waals surface area contributed by atoms with Crippen molar-refractivity contribution in [3.63, 3.8) is 0 Å². The number of amides is 2. The summed E-state index contributed by atoms with van der Waals surface area (Å²) in [5.41, 5.74) is 2.03. The molecule has 0 bridgehead atoms. The van der Waals surface area contributed by atoms with E-state index in [1.54, 1.807) is 11.0 Å². The number of carbonyl (C=O) groups is 2. The molecule has 1 aliphatic rings. The van der Waals surface area contributed by atoms with Crippen LogP contribution in [-0.4, -0.2) is 46.5 Å². The van der Waals surface area contributed by atoms with Crippen molar-refractivity contribution >= 4 is 44.8 Å².